The predicted octanol–water partition coefficient (Wildman–Crippen LogP) is 3.02. The molecule has 196 valence electrons. The van der Waals surface area contributed by atoms with Crippen LogP contribution in [0.3, 0.4) is 0 Å². The van der Waals surface area contributed by atoms with E-state index in [2.05, 4.69) is 20.6 Å². The molecule has 3 rings (SSSR count). The fraction of sp³-hybridized carbons (Fsp3) is 0.760. The van der Waals surface area contributed by atoms with Gasteiger partial charge in [-0.3, -0.25) is 14.5 Å². The third-order valence-corrected chi connectivity index (χ3v) is 6.58. The molecule has 10 nitrogen and oxygen atoms in total. The minimum Gasteiger partial charge on any atom is -0.444 e. The van der Waals surface area contributed by atoms with Gasteiger partial charge in [0.05, 0.1) is 18.2 Å². The quantitative estimate of drug-likeness (QED) is 0.635. The molecule has 0 aromatic carbocycles. The zero-order valence-corrected chi connectivity index (χ0v) is 22.0. The topological polar surface area (TPSA) is 109 Å². The summed E-state index contributed by atoms with van der Waals surface area (Å²) in [6, 6.07) is 1.59. The summed E-state index contributed by atoms with van der Waals surface area (Å²) in [7, 11) is 0. The smallest absolute Gasteiger partial charge is 0.410 e. The molecule has 0 saturated carbocycles. The van der Waals surface area contributed by atoms with Crippen molar-refractivity contribution in [3.05, 3.63) is 12.3 Å². The largest absolute Gasteiger partial charge is 0.444 e. The molecular weight excluding hydrogens is 448 g/mol. The molecule has 2 N–H and O–H groups in total. The van der Waals surface area contributed by atoms with Gasteiger partial charge in [0.25, 0.3) is 0 Å². The second-order valence-corrected chi connectivity index (χ2v) is 11.0. The molecule has 2 fully saturated rings. The summed E-state index contributed by atoms with van der Waals surface area (Å²) in [5.41, 5.74) is -0.560. The SMILES string of the molecule is CC(C)n1nccc1NC(=O)[C@@H](C)N1CCC[C@@H](NC(=O)[C@@H]2CCCN(C(=O)OC(C)(C)C)C2)C1. The number of likely N-dealkylation sites (tertiary alicyclic amines) is 2. The average molecular weight is 491 g/mol. The molecule has 2 aliphatic heterocycles. The molecule has 0 unspecified atom stereocenters. The zero-order chi connectivity index (χ0) is 25.8. The van der Waals surface area contributed by atoms with Crippen LogP contribution in [-0.4, -0.2) is 81.4 Å². The van der Waals surface area contributed by atoms with Crippen molar-refractivity contribution in [2.75, 3.05) is 31.5 Å². The molecule has 2 aliphatic rings. The van der Waals surface area contributed by atoms with Gasteiger partial charge in [0.2, 0.25) is 11.8 Å². The van der Waals surface area contributed by atoms with Crippen LogP contribution < -0.4 is 10.6 Å². The van der Waals surface area contributed by atoms with Crippen LogP contribution in [0, 0.1) is 5.92 Å². The van der Waals surface area contributed by atoms with Crippen molar-refractivity contribution < 1.29 is 19.1 Å². The van der Waals surface area contributed by atoms with E-state index in [9.17, 15) is 14.4 Å². The van der Waals surface area contributed by atoms with E-state index in [0.717, 1.165) is 32.2 Å². The molecule has 0 radical (unpaired) electrons. The Labute approximate surface area is 208 Å². The van der Waals surface area contributed by atoms with Gasteiger partial charge in [0, 0.05) is 37.8 Å². The summed E-state index contributed by atoms with van der Waals surface area (Å²) in [5.74, 6) is 0.331. The molecule has 1 aromatic heterocycles. The molecule has 3 heterocycles. The van der Waals surface area contributed by atoms with Crippen molar-refractivity contribution >= 4 is 23.7 Å². The number of nitrogens with one attached hydrogen (secondary N) is 2. The fourth-order valence-corrected chi connectivity index (χ4v) is 4.70. The summed E-state index contributed by atoms with van der Waals surface area (Å²) < 4.78 is 7.27. The van der Waals surface area contributed by atoms with Crippen molar-refractivity contribution in [3.63, 3.8) is 0 Å². The van der Waals surface area contributed by atoms with E-state index in [1.54, 1.807) is 21.8 Å². The molecular formula is C25H42N6O4. The van der Waals surface area contributed by atoms with Crippen LogP contribution >= 0.6 is 0 Å². The third-order valence-electron chi connectivity index (χ3n) is 6.58. The summed E-state index contributed by atoms with van der Waals surface area (Å²) >= 11 is 0. The lowest BCUT2D eigenvalue weighted by Gasteiger charge is -2.38. The van der Waals surface area contributed by atoms with E-state index in [-0.39, 0.29) is 42.0 Å². The number of rotatable bonds is 6. The number of hydrogen-bond acceptors (Lipinski definition) is 6. The van der Waals surface area contributed by atoms with Crippen molar-refractivity contribution in [1.82, 2.24) is 24.9 Å². The van der Waals surface area contributed by atoms with Crippen molar-refractivity contribution in [2.45, 2.75) is 91.0 Å². The highest BCUT2D eigenvalue weighted by atomic mass is 16.6. The first-order valence-electron chi connectivity index (χ1n) is 12.8. The summed E-state index contributed by atoms with van der Waals surface area (Å²) in [5, 5.41) is 10.4. The first-order chi connectivity index (χ1) is 16.4. The number of amides is 3. The Morgan fingerprint density at radius 1 is 1.09 bits per heavy atom. The number of hydrogen-bond donors (Lipinski definition) is 2. The Morgan fingerprint density at radius 3 is 2.49 bits per heavy atom. The maximum Gasteiger partial charge on any atom is 0.410 e. The van der Waals surface area contributed by atoms with Crippen LogP contribution in [0.4, 0.5) is 10.6 Å². The maximum absolute atomic E-state index is 13.0. The van der Waals surface area contributed by atoms with Gasteiger partial charge in [0.15, 0.2) is 0 Å². The normalized spacial score (nSPS) is 22.5. The Morgan fingerprint density at radius 2 is 1.80 bits per heavy atom. The Hall–Kier alpha value is -2.62. The lowest BCUT2D eigenvalue weighted by molar-refractivity contribution is -0.127. The van der Waals surface area contributed by atoms with E-state index in [4.69, 9.17) is 4.74 Å². The molecule has 3 atom stereocenters. The van der Waals surface area contributed by atoms with Gasteiger partial charge in [-0.15, -0.1) is 0 Å². The van der Waals surface area contributed by atoms with Crippen molar-refractivity contribution in [3.8, 4) is 0 Å². The maximum atomic E-state index is 13.0. The zero-order valence-electron chi connectivity index (χ0n) is 22.0. The van der Waals surface area contributed by atoms with E-state index >= 15 is 0 Å². The highest BCUT2D eigenvalue weighted by Crippen LogP contribution is 2.21. The van der Waals surface area contributed by atoms with Crippen LogP contribution in [0.15, 0.2) is 12.3 Å². The van der Waals surface area contributed by atoms with Crippen molar-refractivity contribution in [2.24, 2.45) is 5.92 Å². The van der Waals surface area contributed by atoms with Gasteiger partial charge in [-0.05, 0) is 73.8 Å². The number of ether oxygens (including phenoxy) is 1. The van der Waals surface area contributed by atoms with E-state index in [0.29, 0.717) is 25.5 Å². The molecule has 3 amide bonds. The number of aromatic nitrogens is 2. The van der Waals surface area contributed by atoms with Gasteiger partial charge >= 0.3 is 6.09 Å². The van der Waals surface area contributed by atoms with Gasteiger partial charge in [0.1, 0.15) is 11.4 Å². The van der Waals surface area contributed by atoms with Crippen LogP contribution in [0.1, 0.15) is 73.3 Å². The number of piperidine rings is 2. The molecule has 1 aromatic rings. The number of carbonyl (C=O) groups excluding carboxylic acids is 3. The molecule has 0 aliphatic carbocycles. The Kier molecular flexibility index (Phi) is 8.79. The summed E-state index contributed by atoms with van der Waals surface area (Å²) in [6.07, 6.45) is 4.63. The monoisotopic (exact) mass is 490 g/mol. The highest BCUT2D eigenvalue weighted by molar-refractivity contribution is 5.93. The lowest BCUT2D eigenvalue weighted by Crippen LogP contribution is -2.55. The molecule has 0 spiro atoms. The van der Waals surface area contributed by atoms with Crippen molar-refractivity contribution in [1.29, 1.82) is 0 Å². The van der Waals surface area contributed by atoms with E-state index < -0.39 is 5.60 Å². The van der Waals surface area contributed by atoms with Crippen LogP contribution in [0.25, 0.3) is 0 Å². The number of nitrogens with zero attached hydrogens (tertiary/aromatic N) is 4. The molecule has 10 heteroatoms. The van der Waals surface area contributed by atoms with Gasteiger partial charge < -0.3 is 20.3 Å². The average Bonchev–Trinajstić information content (AvgIpc) is 3.26. The summed E-state index contributed by atoms with van der Waals surface area (Å²) in [4.78, 5) is 42.2. The van der Waals surface area contributed by atoms with Gasteiger partial charge in [-0.2, -0.15) is 5.10 Å². The minimum absolute atomic E-state index is 0.0235. The van der Waals surface area contributed by atoms with Crippen LogP contribution in [0.5, 0.6) is 0 Å². The number of anilines is 1. The lowest BCUT2D eigenvalue weighted by atomic mass is 9.96. The first kappa shape index (κ1) is 27.0. The molecule has 0 bridgehead atoms. The molecule has 35 heavy (non-hydrogen) atoms. The Balaban J connectivity index is 1.52. The third kappa shape index (κ3) is 7.43. The highest BCUT2D eigenvalue weighted by Gasteiger charge is 2.33. The first-order valence-corrected chi connectivity index (χ1v) is 12.8. The molecule has 2 saturated heterocycles. The van der Waals surface area contributed by atoms with Crippen LogP contribution in [-0.2, 0) is 14.3 Å². The van der Waals surface area contributed by atoms with Crippen LogP contribution in [0.2, 0.25) is 0 Å². The second-order valence-electron chi connectivity index (χ2n) is 11.0. The standard InChI is InChI=1S/C25H42N6O4/c1-17(2)31-21(11-12-26-31)28-22(32)18(3)29-13-8-10-20(16-29)27-23(33)19-9-7-14-30(15-19)24(34)35-25(4,5)6/h11-12,17-20H,7-10,13-16H2,1-6H3,(H,27,33)(H,28,32)/t18-,19-,20-/m1/s1. The van der Waals surface area contributed by atoms with E-state index in [1.165, 1.54) is 0 Å². The van der Waals surface area contributed by atoms with E-state index in [1.807, 2.05) is 41.5 Å². The second kappa shape index (κ2) is 11.4. The van der Waals surface area contributed by atoms with Gasteiger partial charge in [-0.1, -0.05) is 0 Å². The minimum atomic E-state index is -0.560. The Bertz CT molecular complexity index is 893. The predicted molar refractivity (Wildman–Crippen MR) is 134 cm³/mol. The fourth-order valence-electron chi connectivity index (χ4n) is 4.70. The number of carbonyl (C=O) groups is 3. The van der Waals surface area contributed by atoms with Gasteiger partial charge in [-0.25, -0.2) is 9.48 Å². The summed E-state index contributed by atoms with van der Waals surface area (Å²) in [6.45, 7) is 13.9.